The van der Waals surface area contributed by atoms with Crippen molar-refractivity contribution in [2.45, 2.75) is 45.6 Å². The van der Waals surface area contributed by atoms with Gasteiger partial charge in [-0.2, -0.15) is 0 Å². The lowest BCUT2D eigenvalue weighted by atomic mass is 9.85. The maximum Gasteiger partial charge on any atom is 0.220 e. The molecule has 0 aliphatic rings. The van der Waals surface area contributed by atoms with Gasteiger partial charge in [0.1, 0.15) is 0 Å². The quantitative estimate of drug-likeness (QED) is 0.832. The SMILES string of the molecule is CC(C)C(CC(=O)NCC(C)(C)O)c1ccc(Br)cc1. The zero-order chi connectivity index (χ0) is 15.3. The van der Waals surface area contributed by atoms with Crippen LogP contribution in [-0.4, -0.2) is 23.2 Å². The van der Waals surface area contributed by atoms with Crippen LogP contribution in [0.4, 0.5) is 0 Å². The van der Waals surface area contributed by atoms with E-state index < -0.39 is 5.60 Å². The van der Waals surface area contributed by atoms with Gasteiger partial charge in [-0.3, -0.25) is 4.79 Å². The Hall–Kier alpha value is -0.870. The highest BCUT2D eigenvalue weighted by Gasteiger charge is 2.21. The molecule has 1 aromatic carbocycles. The molecule has 0 aliphatic carbocycles. The van der Waals surface area contributed by atoms with Crippen molar-refractivity contribution in [1.29, 1.82) is 0 Å². The molecule has 0 saturated heterocycles. The van der Waals surface area contributed by atoms with Crippen molar-refractivity contribution in [3.63, 3.8) is 0 Å². The van der Waals surface area contributed by atoms with Gasteiger partial charge in [0.05, 0.1) is 5.60 Å². The Labute approximate surface area is 129 Å². The first-order chi connectivity index (χ1) is 9.19. The third-order valence-corrected chi connectivity index (χ3v) is 3.76. The van der Waals surface area contributed by atoms with Gasteiger partial charge in [-0.1, -0.05) is 41.9 Å². The fourth-order valence-electron chi connectivity index (χ4n) is 2.04. The lowest BCUT2D eigenvalue weighted by molar-refractivity contribution is -0.122. The Bertz CT molecular complexity index is 435. The van der Waals surface area contributed by atoms with Crippen LogP contribution in [0.3, 0.4) is 0 Å². The summed E-state index contributed by atoms with van der Waals surface area (Å²) in [5.41, 5.74) is 0.294. The van der Waals surface area contributed by atoms with E-state index in [-0.39, 0.29) is 18.4 Å². The monoisotopic (exact) mass is 341 g/mol. The van der Waals surface area contributed by atoms with Crippen molar-refractivity contribution in [2.24, 2.45) is 5.92 Å². The van der Waals surface area contributed by atoms with Gasteiger partial charge in [-0.15, -0.1) is 0 Å². The molecule has 112 valence electrons. The second-order valence-electron chi connectivity index (χ2n) is 6.20. The molecule has 20 heavy (non-hydrogen) atoms. The molecule has 1 amide bonds. The second kappa shape index (κ2) is 7.23. The van der Waals surface area contributed by atoms with E-state index in [0.717, 1.165) is 4.47 Å². The third kappa shape index (κ3) is 6.06. The predicted molar refractivity (Wildman–Crippen MR) is 85.6 cm³/mol. The van der Waals surface area contributed by atoms with Crippen LogP contribution in [0.25, 0.3) is 0 Å². The summed E-state index contributed by atoms with van der Waals surface area (Å²) in [6.45, 7) is 7.88. The molecule has 1 atom stereocenters. The first kappa shape index (κ1) is 17.2. The van der Waals surface area contributed by atoms with Crippen LogP contribution >= 0.6 is 15.9 Å². The van der Waals surface area contributed by atoms with Crippen LogP contribution in [0, 0.1) is 5.92 Å². The number of benzene rings is 1. The minimum Gasteiger partial charge on any atom is -0.389 e. The fraction of sp³-hybridized carbons (Fsp3) is 0.562. The largest absolute Gasteiger partial charge is 0.389 e. The predicted octanol–water partition coefficient (Wildman–Crippen LogP) is 3.47. The van der Waals surface area contributed by atoms with Gasteiger partial charge in [0.2, 0.25) is 5.91 Å². The summed E-state index contributed by atoms with van der Waals surface area (Å²) in [5.74, 6) is 0.544. The van der Waals surface area contributed by atoms with Crippen LogP contribution in [0.2, 0.25) is 0 Å². The van der Waals surface area contributed by atoms with E-state index >= 15 is 0 Å². The lowest BCUT2D eigenvalue weighted by Gasteiger charge is -2.23. The Morgan fingerprint density at radius 1 is 1.30 bits per heavy atom. The maximum atomic E-state index is 12.0. The Morgan fingerprint density at radius 3 is 2.30 bits per heavy atom. The van der Waals surface area contributed by atoms with Gasteiger partial charge in [-0.25, -0.2) is 0 Å². The van der Waals surface area contributed by atoms with Gasteiger partial charge < -0.3 is 10.4 Å². The van der Waals surface area contributed by atoms with Crippen LogP contribution in [-0.2, 0) is 4.79 Å². The molecule has 3 nitrogen and oxygen atoms in total. The molecule has 4 heteroatoms. The molecule has 0 radical (unpaired) electrons. The van der Waals surface area contributed by atoms with Crippen molar-refractivity contribution in [3.8, 4) is 0 Å². The van der Waals surface area contributed by atoms with Gasteiger partial charge in [0.15, 0.2) is 0 Å². The van der Waals surface area contributed by atoms with Crippen molar-refractivity contribution in [1.82, 2.24) is 5.32 Å². The number of amides is 1. The Morgan fingerprint density at radius 2 is 1.85 bits per heavy atom. The molecule has 0 fully saturated rings. The summed E-state index contributed by atoms with van der Waals surface area (Å²) in [6.07, 6.45) is 0.440. The van der Waals surface area contributed by atoms with Gasteiger partial charge in [0, 0.05) is 17.4 Å². The Balaban J connectivity index is 2.68. The molecule has 0 heterocycles. The lowest BCUT2D eigenvalue weighted by Crippen LogP contribution is -2.38. The molecule has 1 rings (SSSR count). The minimum absolute atomic E-state index is 0.0197. The first-order valence-corrected chi connectivity index (χ1v) is 7.73. The summed E-state index contributed by atoms with van der Waals surface area (Å²) in [5, 5.41) is 12.4. The summed E-state index contributed by atoms with van der Waals surface area (Å²) in [7, 11) is 0. The number of halogens is 1. The van der Waals surface area contributed by atoms with E-state index in [2.05, 4.69) is 47.2 Å². The fourth-order valence-corrected chi connectivity index (χ4v) is 2.30. The van der Waals surface area contributed by atoms with E-state index in [1.54, 1.807) is 13.8 Å². The van der Waals surface area contributed by atoms with E-state index in [1.807, 2.05) is 12.1 Å². The number of carbonyl (C=O) groups excluding carboxylic acids is 1. The standard InChI is InChI=1S/C16H24BrNO2/c1-11(2)14(12-5-7-13(17)8-6-12)9-15(19)18-10-16(3,4)20/h5-8,11,14,20H,9-10H2,1-4H3,(H,18,19). The van der Waals surface area contributed by atoms with Crippen molar-refractivity contribution < 1.29 is 9.90 Å². The van der Waals surface area contributed by atoms with Crippen molar-refractivity contribution >= 4 is 21.8 Å². The average molecular weight is 342 g/mol. The Kier molecular flexibility index (Phi) is 6.21. The van der Waals surface area contributed by atoms with E-state index in [9.17, 15) is 9.90 Å². The van der Waals surface area contributed by atoms with Crippen LogP contribution in [0.5, 0.6) is 0 Å². The van der Waals surface area contributed by atoms with Crippen LogP contribution < -0.4 is 5.32 Å². The molecule has 2 N–H and O–H groups in total. The highest BCUT2D eigenvalue weighted by Crippen LogP contribution is 2.28. The second-order valence-corrected chi connectivity index (χ2v) is 7.11. The third-order valence-electron chi connectivity index (χ3n) is 3.23. The maximum absolute atomic E-state index is 12.0. The number of rotatable bonds is 6. The first-order valence-electron chi connectivity index (χ1n) is 6.93. The molecule has 1 aromatic rings. The van der Waals surface area contributed by atoms with Gasteiger partial charge in [-0.05, 0) is 43.4 Å². The average Bonchev–Trinajstić information content (AvgIpc) is 2.33. The number of aliphatic hydroxyl groups is 1. The van der Waals surface area contributed by atoms with E-state index in [1.165, 1.54) is 5.56 Å². The minimum atomic E-state index is -0.874. The van der Waals surface area contributed by atoms with Crippen molar-refractivity contribution in [3.05, 3.63) is 34.3 Å². The summed E-state index contributed by atoms with van der Waals surface area (Å²) in [6, 6.07) is 8.11. The molecular formula is C16H24BrNO2. The smallest absolute Gasteiger partial charge is 0.220 e. The van der Waals surface area contributed by atoms with E-state index in [0.29, 0.717) is 12.3 Å². The van der Waals surface area contributed by atoms with Crippen LogP contribution in [0.1, 0.15) is 45.6 Å². The molecule has 0 aliphatic heterocycles. The van der Waals surface area contributed by atoms with Crippen LogP contribution in [0.15, 0.2) is 28.7 Å². The summed E-state index contributed by atoms with van der Waals surface area (Å²) < 4.78 is 1.04. The summed E-state index contributed by atoms with van der Waals surface area (Å²) in [4.78, 5) is 12.0. The molecule has 0 spiro atoms. The topological polar surface area (TPSA) is 49.3 Å². The van der Waals surface area contributed by atoms with Crippen molar-refractivity contribution in [2.75, 3.05) is 6.54 Å². The number of carbonyl (C=O) groups is 1. The zero-order valence-electron chi connectivity index (χ0n) is 12.6. The molecule has 0 saturated carbocycles. The molecule has 0 bridgehead atoms. The highest BCUT2D eigenvalue weighted by atomic mass is 79.9. The normalized spacial score (nSPS) is 13.3. The summed E-state index contributed by atoms with van der Waals surface area (Å²) >= 11 is 3.42. The van der Waals surface area contributed by atoms with Gasteiger partial charge in [0.25, 0.3) is 0 Å². The number of hydrogen-bond acceptors (Lipinski definition) is 2. The zero-order valence-corrected chi connectivity index (χ0v) is 14.2. The number of hydrogen-bond donors (Lipinski definition) is 2. The highest BCUT2D eigenvalue weighted by molar-refractivity contribution is 9.10. The van der Waals surface area contributed by atoms with Gasteiger partial charge >= 0.3 is 0 Å². The van der Waals surface area contributed by atoms with E-state index in [4.69, 9.17) is 0 Å². The molecule has 1 unspecified atom stereocenters. The molecular weight excluding hydrogens is 318 g/mol. The number of nitrogens with one attached hydrogen (secondary N) is 1. The molecule has 0 aromatic heterocycles.